The van der Waals surface area contributed by atoms with Crippen molar-refractivity contribution in [3.8, 4) is 5.75 Å². The second kappa shape index (κ2) is 8.71. The van der Waals surface area contributed by atoms with E-state index in [4.69, 9.17) is 4.74 Å². The molecule has 2 rings (SSSR count). The zero-order chi connectivity index (χ0) is 17.4. The van der Waals surface area contributed by atoms with E-state index < -0.39 is 11.5 Å². The number of carbonyl (C=O) groups is 2. The van der Waals surface area contributed by atoms with Gasteiger partial charge in [-0.2, -0.15) is 0 Å². The highest BCUT2D eigenvalue weighted by atomic mass is 16.5. The van der Waals surface area contributed by atoms with Crippen LogP contribution in [0, 0.1) is 6.92 Å². The third-order valence-corrected chi connectivity index (χ3v) is 4.55. The van der Waals surface area contributed by atoms with Crippen molar-refractivity contribution in [1.29, 1.82) is 0 Å². The molecule has 5 heteroatoms. The Morgan fingerprint density at radius 2 is 1.96 bits per heavy atom. The summed E-state index contributed by atoms with van der Waals surface area (Å²) in [6, 6.07) is 7.86. The number of amides is 1. The van der Waals surface area contributed by atoms with Gasteiger partial charge in [0.1, 0.15) is 11.3 Å². The highest BCUT2D eigenvalue weighted by molar-refractivity contribution is 5.87. The number of hydrogen-bond acceptors (Lipinski definition) is 3. The van der Waals surface area contributed by atoms with Gasteiger partial charge in [-0.15, -0.1) is 0 Å². The number of rotatable bonds is 8. The Labute approximate surface area is 143 Å². The van der Waals surface area contributed by atoms with Crippen molar-refractivity contribution in [2.24, 2.45) is 0 Å². The predicted octanol–water partition coefficient (Wildman–Crippen LogP) is 3.45. The molecule has 1 aromatic carbocycles. The van der Waals surface area contributed by atoms with Crippen LogP contribution in [0.3, 0.4) is 0 Å². The Balaban J connectivity index is 1.68. The lowest BCUT2D eigenvalue weighted by atomic mass is 9.81. The van der Waals surface area contributed by atoms with Crippen molar-refractivity contribution < 1.29 is 19.4 Å². The molecule has 0 unspecified atom stereocenters. The maximum atomic E-state index is 12.1. The minimum atomic E-state index is -1.05. The molecule has 1 aliphatic rings. The van der Waals surface area contributed by atoms with Gasteiger partial charge in [-0.1, -0.05) is 31.4 Å². The molecule has 1 aromatic rings. The van der Waals surface area contributed by atoms with Crippen LogP contribution in [0.15, 0.2) is 24.3 Å². The van der Waals surface area contributed by atoms with E-state index in [-0.39, 0.29) is 5.91 Å². The molecule has 132 valence electrons. The average molecular weight is 333 g/mol. The quantitative estimate of drug-likeness (QED) is 0.715. The van der Waals surface area contributed by atoms with Crippen LogP contribution in [-0.2, 0) is 9.59 Å². The van der Waals surface area contributed by atoms with Gasteiger partial charge in [0.25, 0.3) is 0 Å². The molecule has 0 radical (unpaired) electrons. The second-order valence-electron chi connectivity index (χ2n) is 6.62. The Bertz CT molecular complexity index is 564. The van der Waals surface area contributed by atoms with Gasteiger partial charge in [0.05, 0.1) is 6.61 Å². The maximum absolute atomic E-state index is 12.1. The van der Waals surface area contributed by atoms with Crippen molar-refractivity contribution in [1.82, 2.24) is 5.32 Å². The third kappa shape index (κ3) is 5.25. The van der Waals surface area contributed by atoms with Crippen LogP contribution in [0.4, 0.5) is 0 Å². The Morgan fingerprint density at radius 1 is 1.21 bits per heavy atom. The molecule has 0 spiro atoms. The molecule has 1 saturated carbocycles. The molecule has 1 fully saturated rings. The second-order valence-corrected chi connectivity index (χ2v) is 6.62. The van der Waals surface area contributed by atoms with Gasteiger partial charge in [-0.3, -0.25) is 4.79 Å². The minimum absolute atomic E-state index is 0.171. The molecule has 0 aliphatic heterocycles. The van der Waals surface area contributed by atoms with Crippen molar-refractivity contribution in [2.45, 2.75) is 63.8 Å². The number of benzene rings is 1. The van der Waals surface area contributed by atoms with E-state index in [9.17, 15) is 14.7 Å². The lowest BCUT2D eigenvalue weighted by Gasteiger charge is -2.34. The molecule has 5 nitrogen and oxygen atoms in total. The van der Waals surface area contributed by atoms with Crippen LogP contribution in [0.5, 0.6) is 5.75 Å². The SMILES string of the molecule is Cc1cccc(OCCCCC(=O)NC2(C(=O)O)CCCCC2)c1. The summed E-state index contributed by atoms with van der Waals surface area (Å²) in [5, 5.41) is 12.2. The van der Waals surface area contributed by atoms with Gasteiger partial charge in [-0.25, -0.2) is 4.79 Å². The van der Waals surface area contributed by atoms with Gasteiger partial charge < -0.3 is 15.2 Å². The van der Waals surface area contributed by atoms with E-state index in [1.54, 1.807) is 0 Å². The van der Waals surface area contributed by atoms with Crippen LogP contribution < -0.4 is 10.1 Å². The zero-order valence-electron chi connectivity index (χ0n) is 14.3. The van der Waals surface area contributed by atoms with Gasteiger partial charge in [0, 0.05) is 6.42 Å². The summed E-state index contributed by atoms with van der Waals surface area (Å²) in [7, 11) is 0. The largest absolute Gasteiger partial charge is 0.494 e. The van der Waals surface area contributed by atoms with Crippen LogP contribution >= 0.6 is 0 Å². The number of aliphatic carboxylic acids is 1. The average Bonchev–Trinajstić information content (AvgIpc) is 2.55. The summed E-state index contributed by atoms with van der Waals surface area (Å²) in [5.74, 6) is -0.236. The number of carboxylic acids is 1. The standard InChI is InChI=1S/C19H27NO4/c1-15-8-7-9-16(14-15)24-13-6-3-10-17(21)20-19(18(22)23)11-4-2-5-12-19/h7-9,14H,2-6,10-13H2,1H3,(H,20,21)(H,22,23). The summed E-state index contributed by atoms with van der Waals surface area (Å²) < 4.78 is 5.65. The summed E-state index contributed by atoms with van der Waals surface area (Å²) in [6.07, 6.45) is 5.62. The van der Waals surface area contributed by atoms with Crippen molar-refractivity contribution in [2.75, 3.05) is 6.61 Å². The van der Waals surface area contributed by atoms with E-state index >= 15 is 0 Å². The number of carboxylic acid groups (broad SMARTS) is 1. The summed E-state index contributed by atoms with van der Waals surface area (Å²) >= 11 is 0. The monoisotopic (exact) mass is 333 g/mol. The van der Waals surface area contributed by atoms with Crippen LogP contribution in [0.1, 0.15) is 56.9 Å². The number of aryl methyl sites for hydroxylation is 1. The summed E-state index contributed by atoms with van der Waals surface area (Å²) in [5.41, 5.74) is 0.103. The Hall–Kier alpha value is -2.04. The van der Waals surface area contributed by atoms with Gasteiger partial charge in [0.15, 0.2) is 0 Å². The fourth-order valence-electron chi connectivity index (χ4n) is 3.16. The zero-order valence-corrected chi connectivity index (χ0v) is 14.3. The van der Waals surface area contributed by atoms with Gasteiger partial charge in [0.2, 0.25) is 5.91 Å². The number of ether oxygens (including phenoxy) is 1. The maximum Gasteiger partial charge on any atom is 0.329 e. The first-order valence-corrected chi connectivity index (χ1v) is 8.76. The predicted molar refractivity (Wildman–Crippen MR) is 92.1 cm³/mol. The van der Waals surface area contributed by atoms with Crippen LogP contribution in [0.25, 0.3) is 0 Å². The summed E-state index contributed by atoms with van der Waals surface area (Å²) in [6.45, 7) is 2.57. The first-order chi connectivity index (χ1) is 11.5. The van der Waals surface area contributed by atoms with Crippen molar-refractivity contribution in [3.05, 3.63) is 29.8 Å². The Morgan fingerprint density at radius 3 is 2.62 bits per heavy atom. The molecule has 0 aromatic heterocycles. The molecule has 0 bridgehead atoms. The van der Waals surface area contributed by atoms with Crippen molar-refractivity contribution in [3.63, 3.8) is 0 Å². The highest BCUT2D eigenvalue weighted by Crippen LogP contribution is 2.28. The number of carbonyl (C=O) groups excluding carboxylic acids is 1. The third-order valence-electron chi connectivity index (χ3n) is 4.55. The molecular formula is C19H27NO4. The van der Waals surface area contributed by atoms with E-state index in [0.717, 1.165) is 37.0 Å². The summed E-state index contributed by atoms with van der Waals surface area (Å²) in [4.78, 5) is 23.6. The fraction of sp³-hybridized carbons (Fsp3) is 0.579. The Kier molecular flexibility index (Phi) is 6.64. The highest BCUT2D eigenvalue weighted by Gasteiger charge is 2.40. The molecular weight excluding hydrogens is 306 g/mol. The van der Waals surface area contributed by atoms with Crippen molar-refractivity contribution >= 4 is 11.9 Å². The minimum Gasteiger partial charge on any atom is -0.494 e. The lowest BCUT2D eigenvalue weighted by molar-refractivity contribution is -0.149. The van der Waals surface area contributed by atoms with Crippen LogP contribution in [0.2, 0.25) is 0 Å². The molecule has 2 N–H and O–H groups in total. The topological polar surface area (TPSA) is 75.6 Å². The molecule has 24 heavy (non-hydrogen) atoms. The first kappa shape index (κ1) is 18.3. The molecule has 0 saturated heterocycles. The van der Waals surface area contributed by atoms with E-state index in [1.165, 1.54) is 0 Å². The fourth-order valence-corrected chi connectivity index (χ4v) is 3.16. The number of unbranched alkanes of at least 4 members (excludes halogenated alkanes) is 1. The molecule has 1 aliphatic carbocycles. The van der Waals surface area contributed by atoms with Crippen LogP contribution in [-0.4, -0.2) is 29.1 Å². The molecule has 0 atom stereocenters. The lowest BCUT2D eigenvalue weighted by Crippen LogP contribution is -2.55. The number of hydrogen-bond donors (Lipinski definition) is 2. The smallest absolute Gasteiger partial charge is 0.329 e. The van der Waals surface area contributed by atoms with E-state index in [2.05, 4.69) is 5.32 Å². The van der Waals surface area contributed by atoms with E-state index in [0.29, 0.717) is 32.3 Å². The first-order valence-electron chi connectivity index (χ1n) is 8.76. The molecule has 0 heterocycles. The van der Waals surface area contributed by atoms with E-state index in [1.807, 2.05) is 31.2 Å². The molecule has 1 amide bonds. The number of nitrogens with one attached hydrogen (secondary N) is 1. The van der Waals surface area contributed by atoms with Gasteiger partial charge in [-0.05, 0) is 50.3 Å². The van der Waals surface area contributed by atoms with Gasteiger partial charge >= 0.3 is 5.97 Å². The normalized spacial score (nSPS) is 16.4.